The number of nitrogens with one attached hydrogen (secondary N) is 2. The van der Waals surface area contributed by atoms with Crippen LogP contribution in [-0.4, -0.2) is 30.3 Å². The molecule has 2 rings (SSSR count). The first kappa shape index (κ1) is 17.8. The maximum absolute atomic E-state index is 12.0. The quantitative estimate of drug-likeness (QED) is 0.809. The molecule has 128 valence electrons. The zero-order chi connectivity index (χ0) is 16.9. The van der Waals surface area contributed by atoms with Gasteiger partial charge in [0.1, 0.15) is 5.60 Å². The molecule has 0 heterocycles. The Bertz CT molecular complexity index is 492. The van der Waals surface area contributed by atoms with Crippen molar-refractivity contribution in [2.75, 3.05) is 6.54 Å². The van der Waals surface area contributed by atoms with Crippen molar-refractivity contribution in [2.45, 2.75) is 64.6 Å². The van der Waals surface area contributed by atoms with Crippen LogP contribution in [0.25, 0.3) is 0 Å². The Balaban J connectivity index is 1.77. The highest BCUT2D eigenvalue weighted by atomic mass is 16.6. The van der Waals surface area contributed by atoms with Crippen molar-refractivity contribution in [1.82, 2.24) is 10.6 Å². The Hall–Kier alpha value is -1.55. The fraction of sp³-hybridized carbons (Fsp3) is 0.632. The van der Waals surface area contributed by atoms with Gasteiger partial charge in [-0.05, 0) is 58.4 Å². The highest BCUT2D eigenvalue weighted by Gasteiger charge is 2.33. The molecule has 2 N–H and O–H groups in total. The summed E-state index contributed by atoms with van der Waals surface area (Å²) in [7, 11) is 0. The maximum Gasteiger partial charge on any atom is 0.407 e. The van der Waals surface area contributed by atoms with Crippen LogP contribution in [0.4, 0.5) is 4.79 Å². The van der Waals surface area contributed by atoms with Gasteiger partial charge in [0.15, 0.2) is 0 Å². The predicted octanol–water partition coefficient (Wildman–Crippen LogP) is 3.51. The molecule has 0 aliphatic heterocycles. The monoisotopic (exact) mass is 318 g/mol. The maximum atomic E-state index is 12.0. The van der Waals surface area contributed by atoms with Crippen molar-refractivity contribution in [3.63, 3.8) is 0 Å². The topological polar surface area (TPSA) is 50.4 Å². The Labute approximate surface area is 140 Å². The SMILES string of the molecule is CC(Cc1ccccc1)NCC(NC(=O)OC(C)(C)C)C1CC1. The van der Waals surface area contributed by atoms with Crippen molar-refractivity contribution in [3.05, 3.63) is 35.9 Å². The molecule has 23 heavy (non-hydrogen) atoms. The van der Waals surface area contributed by atoms with Gasteiger partial charge in [0.2, 0.25) is 0 Å². The van der Waals surface area contributed by atoms with Crippen LogP contribution in [0.2, 0.25) is 0 Å². The molecule has 1 aromatic carbocycles. The number of benzene rings is 1. The molecule has 1 aliphatic carbocycles. The van der Waals surface area contributed by atoms with Crippen molar-refractivity contribution in [1.29, 1.82) is 0 Å². The molecule has 1 aliphatic rings. The zero-order valence-corrected chi connectivity index (χ0v) is 14.8. The van der Waals surface area contributed by atoms with Crippen LogP contribution >= 0.6 is 0 Å². The molecule has 1 fully saturated rings. The summed E-state index contributed by atoms with van der Waals surface area (Å²) >= 11 is 0. The molecule has 0 bridgehead atoms. The summed E-state index contributed by atoms with van der Waals surface area (Å²) in [6.07, 6.45) is 3.06. The van der Waals surface area contributed by atoms with Gasteiger partial charge in [0.05, 0.1) is 0 Å². The Kier molecular flexibility index (Phi) is 6.05. The first-order valence-electron chi connectivity index (χ1n) is 8.60. The summed E-state index contributed by atoms with van der Waals surface area (Å²) in [5.41, 5.74) is 0.877. The van der Waals surface area contributed by atoms with E-state index in [-0.39, 0.29) is 12.1 Å². The summed E-state index contributed by atoms with van der Waals surface area (Å²) < 4.78 is 5.37. The van der Waals surface area contributed by atoms with Gasteiger partial charge in [-0.15, -0.1) is 0 Å². The third-order valence-electron chi connectivity index (χ3n) is 3.96. The van der Waals surface area contributed by atoms with E-state index >= 15 is 0 Å². The highest BCUT2D eigenvalue weighted by Crippen LogP contribution is 2.32. The lowest BCUT2D eigenvalue weighted by atomic mass is 10.1. The second kappa shape index (κ2) is 7.82. The van der Waals surface area contributed by atoms with E-state index in [4.69, 9.17) is 4.74 Å². The molecule has 0 radical (unpaired) electrons. The fourth-order valence-electron chi connectivity index (χ4n) is 2.66. The van der Waals surface area contributed by atoms with Crippen LogP contribution in [0.3, 0.4) is 0 Å². The summed E-state index contributed by atoms with van der Waals surface area (Å²) in [6.45, 7) is 8.64. The molecular formula is C19H30N2O2. The third-order valence-corrected chi connectivity index (χ3v) is 3.96. The van der Waals surface area contributed by atoms with E-state index in [0.29, 0.717) is 12.0 Å². The second-order valence-corrected chi connectivity index (χ2v) is 7.59. The number of hydrogen-bond acceptors (Lipinski definition) is 3. The van der Waals surface area contributed by atoms with E-state index in [9.17, 15) is 4.79 Å². The number of carbonyl (C=O) groups excluding carboxylic acids is 1. The molecule has 0 aromatic heterocycles. The molecular weight excluding hydrogens is 288 g/mol. The summed E-state index contributed by atoms with van der Waals surface area (Å²) in [5, 5.41) is 6.58. The van der Waals surface area contributed by atoms with Crippen LogP contribution in [0.15, 0.2) is 30.3 Å². The number of hydrogen-bond donors (Lipinski definition) is 2. The molecule has 1 saturated carbocycles. The van der Waals surface area contributed by atoms with Crippen molar-refractivity contribution in [3.8, 4) is 0 Å². The molecule has 4 nitrogen and oxygen atoms in total. The van der Waals surface area contributed by atoms with E-state index in [0.717, 1.165) is 13.0 Å². The van der Waals surface area contributed by atoms with Gasteiger partial charge in [-0.25, -0.2) is 4.79 Å². The van der Waals surface area contributed by atoms with E-state index in [1.165, 1.54) is 18.4 Å². The number of amides is 1. The van der Waals surface area contributed by atoms with Gasteiger partial charge >= 0.3 is 6.09 Å². The highest BCUT2D eigenvalue weighted by molar-refractivity contribution is 5.68. The summed E-state index contributed by atoms with van der Waals surface area (Å²) in [4.78, 5) is 12.0. The summed E-state index contributed by atoms with van der Waals surface area (Å²) in [5.74, 6) is 0.582. The lowest BCUT2D eigenvalue weighted by Gasteiger charge is -2.25. The Morgan fingerprint density at radius 2 is 1.91 bits per heavy atom. The van der Waals surface area contributed by atoms with Crippen molar-refractivity contribution >= 4 is 6.09 Å². The van der Waals surface area contributed by atoms with E-state index < -0.39 is 5.60 Å². The van der Waals surface area contributed by atoms with Crippen molar-refractivity contribution < 1.29 is 9.53 Å². The van der Waals surface area contributed by atoms with Gasteiger partial charge in [0, 0.05) is 18.6 Å². The van der Waals surface area contributed by atoms with Gasteiger partial charge in [0.25, 0.3) is 0 Å². The second-order valence-electron chi connectivity index (χ2n) is 7.59. The van der Waals surface area contributed by atoms with Gasteiger partial charge in [-0.2, -0.15) is 0 Å². The molecule has 0 saturated heterocycles. The van der Waals surface area contributed by atoms with E-state index in [2.05, 4.69) is 41.8 Å². The zero-order valence-electron chi connectivity index (χ0n) is 14.8. The standard InChI is InChI=1S/C19H30N2O2/c1-14(12-15-8-6-5-7-9-15)20-13-17(16-10-11-16)21-18(22)23-19(2,3)4/h5-9,14,16-17,20H,10-13H2,1-4H3,(H,21,22). The Morgan fingerprint density at radius 1 is 1.26 bits per heavy atom. The smallest absolute Gasteiger partial charge is 0.407 e. The molecule has 4 heteroatoms. The first-order valence-corrected chi connectivity index (χ1v) is 8.60. The molecule has 1 aromatic rings. The van der Waals surface area contributed by atoms with Gasteiger partial charge < -0.3 is 15.4 Å². The summed E-state index contributed by atoms with van der Waals surface area (Å²) in [6, 6.07) is 11.0. The Morgan fingerprint density at radius 3 is 2.48 bits per heavy atom. The van der Waals surface area contributed by atoms with Crippen LogP contribution in [0, 0.1) is 5.92 Å². The van der Waals surface area contributed by atoms with Crippen LogP contribution < -0.4 is 10.6 Å². The first-order chi connectivity index (χ1) is 10.8. The lowest BCUT2D eigenvalue weighted by Crippen LogP contribution is -2.47. The van der Waals surface area contributed by atoms with Crippen LogP contribution in [0.1, 0.15) is 46.1 Å². The molecule has 1 amide bonds. The lowest BCUT2D eigenvalue weighted by molar-refractivity contribution is 0.0496. The van der Waals surface area contributed by atoms with E-state index in [1.807, 2.05) is 26.8 Å². The number of rotatable bonds is 7. The third kappa shape index (κ3) is 7.04. The average Bonchev–Trinajstić information content (AvgIpc) is 3.27. The van der Waals surface area contributed by atoms with Gasteiger partial charge in [-0.3, -0.25) is 0 Å². The average molecular weight is 318 g/mol. The fourth-order valence-corrected chi connectivity index (χ4v) is 2.66. The van der Waals surface area contributed by atoms with Gasteiger partial charge in [-0.1, -0.05) is 30.3 Å². The minimum Gasteiger partial charge on any atom is -0.444 e. The largest absolute Gasteiger partial charge is 0.444 e. The molecule has 0 spiro atoms. The minimum atomic E-state index is -0.452. The van der Waals surface area contributed by atoms with E-state index in [1.54, 1.807) is 0 Å². The predicted molar refractivity (Wildman–Crippen MR) is 93.5 cm³/mol. The van der Waals surface area contributed by atoms with Crippen LogP contribution in [0.5, 0.6) is 0 Å². The number of ether oxygens (including phenoxy) is 1. The molecule has 2 atom stereocenters. The number of alkyl carbamates (subject to hydrolysis) is 1. The van der Waals surface area contributed by atoms with Crippen LogP contribution in [-0.2, 0) is 11.2 Å². The normalized spacial score (nSPS) is 17.4. The molecule has 2 unspecified atom stereocenters. The van der Waals surface area contributed by atoms with Crippen molar-refractivity contribution in [2.24, 2.45) is 5.92 Å². The number of carbonyl (C=O) groups is 1. The minimum absolute atomic E-state index is 0.156.